The number of carbonyl (C=O) groups excluding carboxylic acids is 1. The Labute approximate surface area is 184 Å². The van der Waals surface area contributed by atoms with Gasteiger partial charge in [0.05, 0.1) is 0 Å². The number of hydrogen-bond donors (Lipinski definition) is 0. The Morgan fingerprint density at radius 1 is 1.07 bits per heavy atom. The molecule has 2 radical (unpaired) electrons. The SMILES string of the molecule is CCCC[C](CCCC)(CCCC)[Sn][c]1cn(-c2ccc(Cl)cc2C=O)nn1. The predicted molar refractivity (Wildman–Crippen MR) is 118 cm³/mol. The summed E-state index contributed by atoms with van der Waals surface area (Å²) in [4.78, 5) is 11.4. The molecule has 6 heteroatoms. The van der Waals surface area contributed by atoms with Crippen LogP contribution in [0.25, 0.3) is 5.69 Å². The van der Waals surface area contributed by atoms with Crippen molar-refractivity contribution in [2.45, 2.75) is 82.0 Å². The van der Waals surface area contributed by atoms with Crippen LogP contribution in [0.2, 0.25) is 8.45 Å². The average molecular weight is 509 g/mol. The molecule has 0 N–H and O–H groups in total. The van der Waals surface area contributed by atoms with Gasteiger partial charge in [-0.15, -0.1) is 0 Å². The van der Waals surface area contributed by atoms with Gasteiger partial charge in [0.2, 0.25) is 0 Å². The molecular formula is C22H32ClN3OSn. The van der Waals surface area contributed by atoms with Crippen LogP contribution < -0.4 is 3.71 Å². The molecule has 0 amide bonds. The maximum atomic E-state index is 11.4. The fraction of sp³-hybridized carbons (Fsp3) is 0.591. The van der Waals surface area contributed by atoms with Crippen molar-refractivity contribution in [2.24, 2.45) is 0 Å². The van der Waals surface area contributed by atoms with Crippen molar-refractivity contribution >= 4 is 42.7 Å². The van der Waals surface area contributed by atoms with Crippen LogP contribution in [-0.4, -0.2) is 42.4 Å². The third-order valence-electron chi connectivity index (χ3n) is 5.28. The summed E-state index contributed by atoms with van der Waals surface area (Å²) in [5.74, 6) is 0. The molecule has 1 aromatic carbocycles. The van der Waals surface area contributed by atoms with Crippen LogP contribution in [0.4, 0.5) is 0 Å². The van der Waals surface area contributed by atoms with E-state index in [4.69, 9.17) is 11.6 Å². The number of halogens is 1. The fourth-order valence-electron chi connectivity index (χ4n) is 3.65. The van der Waals surface area contributed by atoms with Gasteiger partial charge < -0.3 is 0 Å². The van der Waals surface area contributed by atoms with Gasteiger partial charge in [0, 0.05) is 0 Å². The third-order valence-corrected chi connectivity index (χ3v) is 10.6. The van der Waals surface area contributed by atoms with Crippen molar-refractivity contribution in [3.8, 4) is 5.69 Å². The van der Waals surface area contributed by atoms with E-state index in [-0.39, 0.29) is 0 Å². The summed E-state index contributed by atoms with van der Waals surface area (Å²) in [6, 6.07) is 5.31. The molecule has 4 nitrogen and oxygen atoms in total. The third kappa shape index (κ3) is 6.58. The van der Waals surface area contributed by atoms with Gasteiger partial charge in [0.15, 0.2) is 0 Å². The number of aldehydes is 1. The quantitative estimate of drug-likeness (QED) is 0.254. The molecule has 0 unspecified atom stereocenters. The van der Waals surface area contributed by atoms with Gasteiger partial charge in [-0.05, 0) is 0 Å². The van der Waals surface area contributed by atoms with E-state index in [9.17, 15) is 4.79 Å². The zero-order valence-corrected chi connectivity index (χ0v) is 21.0. The predicted octanol–water partition coefficient (Wildman–Crippen LogP) is 5.79. The Kier molecular flexibility index (Phi) is 10.00. The first-order valence-corrected chi connectivity index (χ1v) is 13.8. The Balaban J connectivity index is 2.28. The molecule has 1 aromatic heterocycles. The molecule has 2 rings (SSSR count). The van der Waals surface area contributed by atoms with Crippen molar-refractivity contribution in [1.29, 1.82) is 0 Å². The van der Waals surface area contributed by atoms with Crippen LogP contribution in [0.1, 0.15) is 88.9 Å². The molecule has 0 saturated heterocycles. The summed E-state index contributed by atoms with van der Waals surface area (Å²) < 4.78 is 3.40. The van der Waals surface area contributed by atoms with E-state index in [0.29, 0.717) is 14.0 Å². The molecular weight excluding hydrogens is 476 g/mol. The fourth-order valence-corrected chi connectivity index (χ4v) is 8.77. The Bertz CT molecular complexity index is 725. The molecule has 2 aromatic rings. The molecule has 0 aliphatic rings. The van der Waals surface area contributed by atoms with E-state index in [0.717, 1.165) is 12.0 Å². The molecule has 0 spiro atoms. The van der Waals surface area contributed by atoms with Crippen LogP contribution in [0.5, 0.6) is 0 Å². The van der Waals surface area contributed by atoms with Crippen LogP contribution >= 0.6 is 11.6 Å². The number of nitrogens with zero attached hydrogens (tertiary/aromatic N) is 3. The second kappa shape index (κ2) is 12.0. The number of aromatic nitrogens is 3. The summed E-state index contributed by atoms with van der Waals surface area (Å²) in [7, 11) is 0. The number of hydrogen-bond acceptors (Lipinski definition) is 3. The summed E-state index contributed by atoms with van der Waals surface area (Å²) in [5, 5.41) is 9.45. The molecule has 152 valence electrons. The van der Waals surface area contributed by atoms with Gasteiger partial charge in [0.25, 0.3) is 0 Å². The standard InChI is InChI=1S/C13H27.C9H5ClN3O.Sn/c1-4-7-10-13(11-8-5-2)12-9-6-3;10-8-1-2-9(7(5-8)6-14)13-4-3-11-12-13;/h4-12H2,1-3H3;1-2,4-6H;. The second-order valence-corrected chi connectivity index (χ2v) is 13.2. The monoisotopic (exact) mass is 509 g/mol. The van der Waals surface area contributed by atoms with Gasteiger partial charge in [-0.3, -0.25) is 0 Å². The maximum absolute atomic E-state index is 11.4. The molecule has 0 bridgehead atoms. The first-order valence-electron chi connectivity index (χ1n) is 10.5. The van der Waals surface area contributed by atoms with Crippen molar-refractivity contribution in [1.82, 2.24) is 15.0 Å². The van der Waals surface area contributed by atoms with Crippen LogP contribution in [-0.2, 0) is 0 Å². The van der Waals surface area contributed by atoms with Crippen LogP contribution in [0, 0.1) is 0 Å². The van der Waals surface area contributed by atoms with Crippen molar-refractivity contribution in [3.63, 3.8) is 0 Å². The molecule has 0 saturated carbocycles. The van der Waals surface area contributed by atoms with E-state index >= 15 is 0 Å². The minimum absolute atomic E-state index is 0.472. The van der Waals surface area contributed by atoms with Gasteiger partial charge in [-0.1, -0.05) is 0 Å². The molecule has 28 heavy (non-hydrogen) atoms. The molecule has 0 atom stereocenters. The Morgan fingerprint density at radius 3 is 2.21 bits per heavy atom. The molecule has 0 aliphatic heterocycles. The van der Waals surface area contributed by atoms with E-state index in [2.05, 4.69) is 37.3 Å². The summed E-state index contributed by atoms with van der Waals surface area (Å²) in [6.07, 6.45) is 14.5. The van der Waals surface area contributed by atoms with E-state index in [1.165, 1.54) is 61.5 Å². The first kappa shape index (κ1) is 23.4. The summed E-state index contributed by atoms with van der Waals surface area (Å²) in [5.41, 5.74) is 1.29. The van der Waals surface area contributed by atoms with Gasteiger partial charge >= 0.3 is 185 Å². The molecule has 0 aliphatic carbocycles. The topological polar surface area (TPSA) is 47.8 Å². The summed E-state index contributed by atoms with van der Waals surface area (Å²) in [6.45, 7) is 6.85. The average Bonchev–Trinajstić information content (AvgIpc) is 3.16. The van der Waals surface area contributed by atoms with Crippen molar-refractivity contribution in [2.75, 3.05) is 0 Å². The Morgan fingerprint density at radius 2 is 1.68 bits per heavy atom. The number of rotatable bonds is 13. The number of carbonyl (C=O) groups is 1. The van der Waals surface area contributed by atoms with Crippen LogP contribution in [0.15, 0.2) is 24.4 Å². The van der Waals surface area contributed by atoms with Gasteiger partial charge in [-0.25, -0.2) is 0 Å². The first-order chi connectivity index (χ1) is 13.6. The van der Waals surface area contributed by atoms with E-state index in [1.807, 2.05) is 6.07 Å². The van der Waals surface area contributed by atoms with Crippen molar-refractivity contribution < 1.29 is 4.79 Å². The zero-order chi connectivity index (χ0) is 20.4. The van der Waals surface area contributed by atoms with Gasteiger partial charge in [0.1, 0.15) is 0 Å². The number of unbranched alkanes of at least 4 members (excludes halogenated alkanes) is 3. The van der Waals surface area contributed by atoms with E-state index in [1.54, 1.807) is 16.8 Å². The van der Waals surface area contributed by atoms with Crippen LogP contribution in [0.3, 0.4) is 0 Å². The minimum atomic E-state index is -0.929. The second-order valence-electron chi connectivity index (χ2n) is 7.59. The number of benzene rings is 1. The van der Waals surface area contributed by atoms with Crippen molar-refractivity contribution in [3.05, 3.63) is 35.0 Å². The van der Waals surface area contributed by atoms with E-state index < -0.39 is 21.1 Å². The van der Waals surface area contributed by atoms with Gasteiger partial charge in [-0.2, -0.15) is 0 Å². The normalized spacial score (nSPS) is 11.7. The Hall–Kier alpha value is -0.881. The molecule has 1 heterocycles. The molecule has 0 fully saturated rings. The summed E-state index contributed by atoms with van der Waals surface area (Å²) >= 11 is 5.10. The zero-order valence-electron chi connectivity index (χ0n) is 17.4.